The van der Waals surface area contributed by atoms with Gasteiger partial charge in [0.05, 0.1) is 12.7 Å². The lowest BCUT2D eigenvalue weighted by molar-refractivity contribution is 0.176. The molecule has 1 heterocycles. The van der Waals surface area contributed by atoms with Gasteiger partial charge in [-0.05, 0) is 32.6 Å². The average Bonchev–Trinajstić information content (AvgIpc) is 2.58. The summed E-state index contributed by atoms with van der Waals surface area (Å²) < 4.78 is 6.04. The molecular weight excluding hydrogens is 214 g/mol. The average molecular weight is 235 g/mol. The van der Waals surface area contributed by atoms with Crippen LogP contribution in [0.5, 0.6) is 5.75 Å². The van der Waals surface area contributed by atoms with Crippen molar-refractivity contribution in [3.63, 3.8) is 0 Å². The molecule has 1 N–H and O–H groups in total. The molecule has 0 bridgehead atoms. The molecule has 0 aliphatic heterocycles. The van der Waals surface area contributed by atoms with Gasteiger partial charge in [0.25, 0.3) is 0 Å². The molecule has 0 aromatic carbocycles. The number of aromatic nitrogens is 1. The highest BCUT2D eigenvalue weighted by Crippen LogP contribution is 2.25. The summed E-state index contributed by atoms with van der Waals surface area (Å²) in [5, 5.41) is 9.27. The van der Waals surface area contributed by atoms with E-state index in [9.17, 15) is 5.11 Å². The van der Waals surface area contributed by atoms with Crippen molar-refractivity contribution in [2.24, 2.45) is 0 Å². The monoisotopic (exact) mass is 235 g/mol. The molecule has 1 saturated carbocycles. The summed E-state index contributed by atoms with van der Waals surface area (Å²) in [6.07, 6.45) is 9.43. The second kappa shape index (κ2) is 6.01. The third kappa shape index (κ3) is 3.43. The molecule has 0 unspecified atom stereocenters. The van der Waals surface area contributed by atoms with Gasteiger partial charge in [-0.1, -0.05) is 12.8 Å². The van der Waals surface area contributed by atoms with E-state index in [0.29, 0.717) is 6.10 Å². The first kappa shape index (κ1) is 12.4. The van der Waals surface area contributed by atoms with Crippen LogP contribution < -0.4 is 4.74 Å². The number of rotatable bonds is 3. The van der Waals surface area contributed by atoms with Crippen molar-refractivity contribution >= 4 is 0 Å². The van der Waals surface area contributed by atoms with E-state index in [1.807, 2.05) is 13.0 Å². The lowest BCUT2D eigenvalue weighted by atomic mass is 10.1. The SMILES string of the molecule is Cc1cc(OC2CCCCCC2)c(CO)cn1. The van der Waals surface area contributed by atoms with E-state index in [-0.39, 0.29) is 6.61 Å². The normalized spacial score (nSPS) is 17.8. The predicted molar refractivity (Wildman–Crippen MR) is 67.0 cm³/mol. The van der Waals surface area contributed by atoms with Crippen LogP contribution in [0.1, 0.15) is 49.8 Å². The number of pyridine rings is 1. The summed E-state index contributed by atoms with van der Waals surface area (Å²) in [5.74, 6) is 0.812. The van der Waals surface area contributed by atoms with Crippen molar-refractivity contribution in [3.05, 3.63) is 23.5 Å². The van der Waals surface area contributed by atoms with Gasteiger partial charge in [-0.2, -0.15) is 0 Å². The van der Waals surface area contributed by atoms with Crippen LogP contribution in [0.25, 0.3) is 0 Å². The molecule has 3 heteroatoms. The maximum atomic E-state index is 9.27. The molecule has 0 atom stereocenters. The molecule has 1 fully saturated rings. The Bertz CT molecular complexity index is 357. The van der Waals surface area contributed by atoms with E-state index in [4.69, 9.17) is 4.74 Å². The molecule has 3 nitrogen and oxygen atoms in total. The first-order chi connectivity index (χ1) is 8.29. The molecule has 0 radical (unpaired) electrons. The van der Waals surface area contributed by atoms with Crippen LogP contribution in [0.4, 0.5) is 0 Å². The Labute approximate surface area is 103 Å². The Kier molecular flexibility index (Phi) is 4.37. The van der Waals surface area contributed by atoms with Crippen molar-refractivity contribution in [2.45, 2.75) is 58.2 Å². The van der Waals surface area contributed by atoms with Gasteiger partial charge in [-0.3, -0.25) is 4.98 Å². The van der Waals surface area contributed by atoms with Crippen molar-refractivity contribution < 1.29 is 9.84 Å². The summed E-state index contributed by atoms with van der Waals surface area (Å²) in [6, 6.07) is 1.93. The molecule has 0 amide bonds. The van der Waals surface area contributed by atoms with Crippen LogP contribution in [0, 0.1) is 6.92 Å². The predicted octanol–water partition coefficient (Wildman–Crippen LogP) is 2.98. The van der Waals surface area contributed by atoms with Gasteiger partial charge in [0, 0.05) is 23.5 Å². The fourth-order valence-corrected chi connectivity index (χ4v) is 2.33. The number of ether oxygens (including phenoxy) is 1. The summed E-state index contributed by atoms with van der Waals surface area (Å²) in [6.45, 7) is 1.94. The standard InChI is InChI=1S/C14H21NO2/c1-11-8-14(12(10-16)9-15-11)17-13-6-4-2-3-5-7-13/h8-9,13,16H,2-7,10H2,1H3. The first-order valence-corrected chi connectivity index (χ1v) is 6.52. The third-order valence-corrected chi connectivity index (χ3v) is 3.35. The Balaban J connectivity index is 2.07. The number of nitrogens with zero attached hydrogens (tertiary/aromatic N) is 1. The minimum atomic E-state index is -0.00463. The lowest BCUT2D eigenvalue weighted by Gasteiger charge is -2.19. The number of aliphatic hydroxyl groups excluding tert-OH is 1. The molecule has 0 saturated heterocycles. The minimum Gasteiger partial charge on any atom is -0.490 e. The molecule has 1 aromatic heterocycles. The lowest BCUT2D eigenvalue weighted by Crippen LogP contribution is -2.16. The highest BCUT2D eigenvalue weighted by Gasteiger charge is 2.15. The van der Waals surface area contributed by atoms with Crippen molar-refractivity contribution in [2.75, 3.05) is 0 Å². The van der Waals surface area contributed by atoms with Crippen LogP contribution >= 0.6 is 0 Å². The first-order valence-electron chi connectivity index (χ1n) is 6.52. The molecular formula is C14H21NO2. The topological polar surface area (TPSA) is 42.4 Å². The van der Waals surface area contributed by atoms with Gasteiger partial charge >= 0.3 is 0 Å². The molecule has 1 aliphatic carbocycles. The molecule has 1 aliphatic rings. The van der Waals surface area contributed by atoms with Gasteiger partial charge in [-0.15, -0.1) is 0 Å². The Morgan fingerprint density at radius 2 is 2.00 bits per heavy atom. The van der Waals surface area contributed by atoms with Crippen molar-refractivity contribution in [3.8, 4) is 5.75 Å². The largest absolute Gasteiger partial charge is 0.490 e. The zero-order valence-corrected chi connectivity index (χ0v) is 10.5. The van der Waals surface area contributed by atoms with Crippen LogP contribution in [0.15, 0.2) is 12.3 Å². The second-order valence-corrected chi connectivity index (χ2v) is 4.82. The van der Waals surface area contributed by atoms with Gasteiger partial charge < -0.3 is 9.84 Å². The fraction of sp³-hybridized carbons (Fsp3) is 0.643. The Hall–Kier alpha value is -1.09. The number of aryl methyl sites for hydroxylation is 1. The number of hydrogen-bond acceptors (Lipinski definition) is 3. The fourth-order valence-electron chi connectivity index (χ4n) is 2.33. The van der Waals surface area contributed by atoms with Crippen molar-refractivity contribution in [1.82, 2.24) is 4.98 Å². The quantitative estimate of drug-likeness (QED) is 0.819. The molecule has 0 spiro atoms. The summed E-state index contributed by atoms with van der Waals surface area (Å²) >= 11 is 0. The van der Waals surface area contributed by atoms with Crippen LogP contribution in [0.3, 0.4) is 0 Å². The van der Waals surface area contributed by atoms with Gasteiger partial charge in [0.15, 0.2) is 0 Å². The zero-order chi connectivity index (χ0) is 12.1. The summed E-state index contributed by atoms with van der Waals surface area (Å²) in [7, 11) is 0. The van der Waals surface area contributed by atoms with Gasteiger partial charge in [0.1, 0.15) is 5.75 Å². The smallest absolute Gasteiger partial charge is 0.128 e. The Morgan fingerprint density at radius 3 is 2.65 bits per heavy atom. The molecule has 94 valence electrons. The van der Waals surface area contributed by atoms with E-state index in [2.05, 4.69) is 4.98 Å². The third-order valence-electron chi connectivity index (χ3n) is 3.35. The van der Waals surface area contributed by atoms with Crippen molar-refractivity contribution in [1.29, 1.82) is 0 Å². The Morgan fingerprint density at radius 1 is 1.29 bits per heavy atom. The minimum absolute atomic E-state index is 0.00463. The zero-order valence-electron chi connectivity index (χ0n) is 10.5. The van der Waals surface area contributed by atoms with E-state index >= 15 is 0 Å². The number of hydrogen-bond donors (Lipinski definition) is 1. The highest BCUT2D eigenvalue weighted by molar-refractivity contribution is 5.32. The van der Waals surface area contributed by atoms with Crippen LogP contribution in [-0.4, -0.2) is 16.2 Å². The summed E-state index contributed by atoms with van der Waals surface area (Å²) in [5.41, 5.74) is 1.73. The summed E-state index contributed by atoms with van der Waals surface area (Å²) in [4.78, 5) is 4.18. The van der Waals surface area contributed by atoms with Crippen LogP contribution in [-0.2, 0) is 6.61 Å². The molecule has 2 rings (SSSR count). The van der Waals surface area contributed by atoms with E-state index in [0.717, 1.165) is 29.8 Å². The van der Waals surface area contributed by atoms with E-state index in [1.54, 1.807) is 6.20 Å². The maximum Gasteiger partial charge on any atom is 0.128 e. The maximum absolute atomic E-state index is 9.27. The van der Waals surface area contributed by atoms with Crippen LogP contribution in [0.2, 0.25) is 0 Å². The van der Waals surface area contributed by atoms with E-state index in [1.165, 1.54) is 25.7 Å². The molecule has 17 heavy (non-hydrogen) atoms. The molecule has 1 aromatic rings. The van der Waals surface area contributed by atoms with E-state index < -0.39 is 0 Å². The number of aliphatic hydroxyl groups is 1. The van der Waals surface area contributed by atoms with Gasteiger partial charge in [-0.25, -0.2) is 0 Å². The second-order valence-electron chi connectivity index (χ2n) is 4.82. The van der Waals surface area contributed by atoms with Gasteiger partial charge in [0.2, 0.25) is 0 Å². The highest BCUT2D eigenvalue weighted by atomic mass is 16.5.